The Balaban J connectivity index is 2.01. The van der Waals surface area contributed by atoms with Crippen LogP contribution in [0.4, 0.5) is 17.3 Å². The molecule has 0 unspecified atom stereocenters. The highest BCUT2D eigenvalue weighted by atomic mass is 32.2. The molecule has 2 aromatic rings. The minimum absolute atomic E-state index is 0.110. The number of sulfonamides is 1. The standard InChI is InChI=1S/C15H17N5O3S/c1-10(21)19-14-8-11(3-4-17-14)12-7-13(15(16)18-9-12)20-5-2-6-24(20,22)23/h3-4,7-9H,2,5-6H2,1H3,(H2,16,18)(H,17,19,21). The lowest BCUT2D eigenvalue weighted by Gasteiger charge is -2.19. The number of carbonyl (C=O) groups excluding carboxylic acids is 1. The summed E-state index contributed by atoms with van der Waals surface area (Å²) in [7, 11) is -3.34. The SMILES string of the molecule is CC(=O)Nc1cc(-c2cnc(N)c(N3CCCS3(=O)=O)c2)ccn1. The predicted octanol–water partition coefficient (Wildman–Crippen LogP) is 1.22. The lowest BCUT2D eigenvalue weighted by atomic mass is 10.1. The number of hydrogen-bond acceptors (Lipinski definition) is 6. The first-order valence-corrected chi connectivity index (χ1v) is 8.98. The maximum atomic E-state index is 12.1. The van der Waals surface area contributed by atoms with Crippen LogP contribution in [0.5, 0.6) is 0 Å². The van der Waals surface area contributed by atoms with Crippen LogP contribution < -0.4 is 15.4 Å². The maximum Gasteiger partial charge on any atom is 0.235 e. The van der Waals surface area contributed by atoms with Crippen molar-refractivity contribution < 1.29 is 13.2 Å². The van der Waals surface area contributed by atoms with Crippen molar-refractivity contribution in [3.8, 4) is 11.1 Å². The third-order valence-corrected chi connectivity index (χ3v) is 5.52. The number of hydrogen-bond donors (Lipinski definition) is 2. The minimum atomic E-state index is -3.34. The molecule has 3 N–H and O–H groups in total. The molecule has 0 aliphatic carbocycles. The van der Waals surface area contributed by atoms with E-state index in [2.05, 4.69) is 15.3 Å². The van der Waals surface area contributed by atoms with Crippen molar-refractivity contribution in [3.63, 3.8) is 0 Å². The molecule has 1 saturated heterocycles. The van der Waals surface area contributed by atoms with Crippen LogP contribution in [0.1, 0.15) is 13.3 Å². The zero-order valence-electron chi connectivity index (χ0n) is 13.1. The summed E-state index contributed by atoms with van der Waals surface area (Å²) in [5.74, 6) is 0.463. The number of nitrogens with two attached hydrogens (primary N) is 1. The molecule has 8 nitrogen and oxygen atoms in total. The van der Waals surface area contributed by atoms with Crippen LogP contribution in [0.2, 0.25) is 0 Å². The van der Waals surface area contributed by atoms with Gasteiger partial charge in [-0.05, 0) is 30.2 Å². The molecule has 9 heteroatoms. The van der Waals surface area contributed by atoms with E-state index in [0.29, 0.717) is 30.0 Å². The van der Waals surface area contributed by atoms with Gasteiger partial charge in [-0.2, -0.15) is 0 Å². The van der Waals surface area contributed by atoms with Crippen molar-refractivity contribution in [2.75, 3.05) is 27.7 Å². The van der Waals surface area contributed by atoms with E-state index >= 15 is 0 Å². The fourth-order valence-electron chi connectivity index (χ4n) is 2.59. The summed E-state index contributed by atoms with van der Waals surface area (Å²) in [6, 6.07) is 5.13. The van der Waals surface area contributed by atoms with Gasteiger partial charge in [0.1, 0.15) is 11.6 Å². The molecule has 1 amide bonds. The van der Waals surface area contributed by atoms with Crippen LogP contribution in [-0.4, -0.2) is 36.6 Å². The number of nitrogen functional groups attached to an aromatic ring is 1. The van der Waals surface area contributed by atoms with Crippen LogP contribution in [-0.2, 0) is 14.8 Å². The molecule has 2 aromatic heterocycles. The molecular formula is C15H17N5O3S. The summed E-state index contributed by atoms with van der Waals surface area (Å²) in [5, 5.41) is 2.61. The van der Waals surface area contributed by atoms with E-state index in [-0.39, 0.29) is 17.5 Å². The van der Waals surface area contributed by atoms with Crippen LogP contribution in [0, 0.1) is 0 Å². The van der Waals surface area contributed by atoms with E-state index in [1.807, 2.05) is 0 Å². The first-order chi connectivity index (χ1) is 11.4. The zero-order valence-corrected chi connectivity index (χ0v) is 13.9. The Bertz CT molecular complexity index is 898. The van der Waals surface area contributed by atoms with Gasteiger partial charge in [0.05, 0.1) is 11.4 Å². The third-order valence-electron chi connectivity index (χ3n) is 3.66. The number of nitrogens with one attached hydrogen (secondary N) is 1. The summed E-state index contributed by atoms with van der Waals surface area (Å²) < 4.78 is 25.5. The highest BCUT2D eigenvalue weighted by Crippen LogP contribution is 2.32. The Morgan fingerprint density at radius 2 is 2.08 bits per heavy atom. The average molecular weight is 347 g/mol. The van der Waals surface area contributed by atoms with E-state index in [0.717, 1.165) is 5.56 Å². The molecule has 1 aliphatic rings. The molecular weight excluding hydrogens is 330 g/mol. The van der Waals surface area contributed by atoms with Gasteiger partial charge in [0, 0.05) is 31.4 Å². The molecule has 0 atom stereocenters. The van der Waals surface area contributed by atoms with Gasteiger partial charge in [-0.15, -0.1) is 0 Å². The Morgan fingerprint density at radius 3 is 2.75 bits per heavy atom. The summed E-state index contributed by atoms with van der Waals surface area (Å²) in [6.07, 6.45) is 3.69. The summed E-state index contributed by atoms with van der Waals surface area (Å²) in [4.78, 5) is 19.3. The molecule has 0 radical (unpaired) electrons. The molecule has 1 aliphatic heterocycles. The van der Waals surface area contributed by atoms with Gasteiger partial charge < -0.3 is 11.1 Å². The molecule has 24 heavy (non-hydrogen) atoms. The summed E-state index contributed by atoms with van der Waals surface area (Å²) in [6.45, 7) is 1.79. The van der Waals surface area contributed by atoms with Gasteiger partial charge >= 0.3 is 0 Å². The van der Waals surface area contributed by atoms with Crippen LogP contribution in [0.25, 0.3) is 11.1 Å². The lowest BCUT2D eigenvalue weighted by Crippen LogP contribution is -2.26. The van der Waals surface area contributed by atoms with Gasteiger partial charge in [0.25, 0.3) is 0 Å². The van der Waals surface area contributed by atoms with E-state index < -0.39 is 10.0 Å². The normalized spacial score (nSPS) is 16.1. The fraction of sp³-hybridized carbons (Fsp3) is 0.267. The van der Waals surface area contributed by atoms with Crippen LogP contribution in [0.15, 0.2) is 30.6 Å². The Hall–Kier alpha value is -2.68. The second kappa shape index (κ2) is 6.08. The number of amides is 1. The van der Waals surface area contributed by atoms with Crippen molar-refractivity contribution in [2.45, 2.75) is 13.3 Å². The van der Waals surface area contributed by atoms with Crippen molar-refractivity contribution in [2.24, 2.45) is 0 Å². The van der Waals surface area contributed by atoms with Crippen molar-refractivity contribution in [1.29, 1.82) is 0 Å². The number of pyridine rings is 2. The Kier molecular flexibility index (Phi) is 4.10. The van der Waals surface area contributed by atoms with Crippen molar-refractivity contribution in [3.05, 3.63) is 30.6 Å². The van der Waals surface area contributed by atoms with E-state index in [9.17, 15) is 13.2 Å². The van der Waals surface area contributed by atoms with Gasteiger partial charge in [0.15, 0.2) is 0 Å². The molecule has 3 rings (SSSR count). The first-order valence-electron chi connectivity index (χ1n) is 7.37. The smallest absolute Gasteiger partial charge is 0.235 e. The highest BCUT2D eigenvalue weighted by molar-refractivity contribution is 7.93. The summed E-state index contributed by atoms with van der Waals surface area (Å²) >= 11 is 0. The van der Waals surface area contributed by atoms with Crippen LogP contribution >= 0.6 is 0 Å². The number of rotatable bonds is 3. The van der Waals surface area contributed by atoms with E-state index in [1.54, 1.807) is 30.6 Å². The predicted molar refractivity (Wildman–Crippen MR) is 91.9 cm³/mol. The van der Waals surface area contributed by atoms with Gasteiger partial charge in [-0.1, -0.05) is 0 Å². The Morgan fingerprint density at radius 1 is 1.29 bits per heavy atom. The monoisotopic (exact) mass is 347 g/mol. The highest BCUT2D eigenvalue weighted by Gasteiger charge is 2.30. The largest absolute Gasteiger partial charge is 0.382 e. The topological polar surface area (TPSA) is 118 Å². The number of aromatic nitrogens is 2. The molecule has 0 saturated carbocycles. The lowest BCUT2D eigenvalue weighted by molar-refractivity contribution is -0.114. The molecule has 0 spiro atoms. The van der Waals surface area contributed by atoms with Gasteiger partial charge in [-0.25, -0.2) is 18.4 Å². The molecule has 3 heterocycles. The number of carbonyl (C=O) groups is 1. The number of anilines is 3. The molecule has 1 fully saturated rings. The second-order valence-electron chi connectivity index (χ2n) is 5.48. The first kappa shape index (κ1) is 16.2. The Labute approximate surface area is 139 Å². The average Bonchev–Trinajstić information content (AvgIpc) is 2.86. The quantitative estimate of drug-likeness (QED) is 0.862. The van der Waals surface area contributed by atoms with Crippen molar-refractivity contribution >= 4 is 33.3 Å². The third kappa shape index (κ3) is 3.16. The minimum Gasteiger partial charge on any atom is -0.382 e. The van der Waals surface area contributed by atoms with Crippen molar-refractivity contribution in [1.82, 2.24) is 9.97 Å². The molecule has 0 bridgehead atoms. The van der Waals surface area contributed by atoms with Gasteiger partial charge in [-0.3, -0.25) is 9.10 Å². The molecule has 126 valence electrons. The van der Waals surface area contributed by atoms with Gasteiger partial charge in [0.2, 0.25) is 15.9 Å². The second-order valence-corrected chi connectivity index (χ2v) is 7.49. The zero-order chi connectivity index (χ0) is 17.3. The number of nitrogens with zero attached hydrogens (tertiary/aromatic N) is 3. The summed E-state index contributed by atoms with van der Waals surface area (Å²) in [5.41, 5.74) is 7.69. The van der Waals surface area contributed by atoms with E-state index in [4.69, 9.17) is 5.73 Å². The maximum absolute atomic E-state index is 12.1. The fourth-order valence-corrected chi connectivity index (χ4v) is 4.16. The van der Waals surface area contributed by atoms with E-state index in [1.165, 1.54) is 11.2 Å². The molecule has 0 aromatic carbocycles. The van der Waals surface area contributed by atoms with Crippen LogP contribution in [0.3, 0.4) is 0 Å².